The van der Waals surface area contributed by atoms with Gasteiger partial charge in [-0.15, -0.1) is 11.3 Å². The standard InChI is InChI=1S/C22H20N2O3S/c1-13-11-17(14(2)28-13)19(25)12-24-20(26)22(3,23-21(24)27)18-10-6-8-15-7-4-5-9-16(15)18/h4-11H,12H2,1-3H3,(H,23,27)/t22-/m1/s1. The Balaban J connectivity index is 1.68. The average molecular weight is 392 g/mol. The largest absolute Gasteiger partial charge is 0.325 e. The van der Waals surface area contributed by atoms with E-state index in [0.717, 1.165) is 31.0 Å². The van der Waals surface area contributed by atoms with E-state index in [9.17, 15) is 14.4 Å². The van der Waals surface area contributed by atoms with Crippen LogP contribution >= 0.6 is 11.3 Å². The van der Waals surface area contributed by atoms with Gasteiger partial charge in [-0.3, -0.25) is 14.5 Å². The predicted molar refractivity (Wildman–Crippen MR) is 110 cm³/mol. The molecule has 1 fully saturated rings. The Bertz CT molecular complexity index is 1130. The number of amides is 3. The van der Waals surface area contributed by atoms with Crippen LogP contribution in [0, 0.1) is 13.8 Å². The van der Waals surface area contributed by atoms with Crippen LogP contribution < -0.4 is 5.32 Å². The number of hydrogen-bond acceptors (Lipinski definition) is 4. The normalized spacial score (nSPS) is 19.3. The Hall–Kier alpha value is -2.99. The minimum Gasteiger partial charge on any atom is -0.319 e. The molecular weight excluding hydrogens is 372 g/mol. The summed E-state index contributed by atoms with van der Waals surface area (Å²) in [6.45, 7) is 5.23. The molecule has 3 amide bonds. The van der Waals surface area contributed by atoms with Crippen LogP contribution in [-0.4, -0.2) is 29.2 Å². The number of nitrogens with zero attached hydrogens (tertiary/aromatic N) is 1. The van der Waals surface area contributed by atoms with Gasteiger partial charge >= 0.3 is 6.03 Å². The molecule has 2 aromatic carbocycles. The zero-order valence-electron chi connectivity index (χ0n) is 15.9. The van der Waals surface area contributed by atoms with Crippen molar-refractivity contribution in [3.05, 3.63) is 69.4 Å². The van der Waals surface area contributed by atoms with Crippen molar-refractivity contribution in [3.8, 4) is 0 Å². The van der Waals surface area contributed by atoms with E-state index >= 15 is 0 Å². The minimum atomic E-state index is -1.21. The fourth-order valence-corrected chi connectivity index (χ4v) is 4.76. The number of nitrogens with one attached hydrogen (secondary N) is 1. The molecule has 5 nitrogen and oxygen atoms in total. The van der Waals surface area contributed by atoms with Gasteiger partial charge < -0.3 is 5.32 Å². The van der Waals surface area contributed by atoms with Gasteiger partial charge in [0.05, 0.1) is 6.54 Å². The maximum absolute atomic E-state index is 13.2. The first-order chi connectivity index (χ1) is 13.3. The molecule has 1 aromatic heterocycles. The maximum atomic E-state index is 13.2. The number of rotatable bonds is 4. The van der Waals surface area contributed by atoms with Gasteiger partial charge in [-0.2, -0.15) is 0 Å². The number of ketones is 1. The Kier molecular flexibility index (Phi) is 4.31. The summed E-state index contributed by atoms with van der Waals surface area (Å²) in [7, 11) is 0. The third-order valence-electron chi connectivity index (χ3n) is 5.25. The van der Waals surface area contributed by atoms with Gasteiger partial charge in [-0.1, -0.05) is 42.5 Å². The van der Waals surface area contributed by atoms with Gasteiger partial charge in [0.2, 0.25) is 0 Å². The van der Waals surface area contributed by atoms with E-state index in [1.807, 2.05) is 62.4 Å². The van der Waals surface area contributed by atoms with Crippen molar-refractivity contribution in [1.82, 2.24) is 10.2 Å². The lowest BCUT2D eigenvalue weighted by Gasteiger charge is -2.24. The minimum absolute atomic E-state index is 0.229. The van der Waals surface area contributed by atoms with Gasteiger partial charge in [-0.05, 0) is 43.2 Å². The second-order valence-electron chi connectivity index (χ2n) is 7.22. The number of Topliss-reactive ketones (excluding diaryl/α,β-unsaturated/α-hetero) is 1. The number of benzene rings is 2. The van der Waals surface area contributed by atoms with Crippen molar-refractivity contribution in [3.63, 3.8) is 0 Å². The zero-order chi connectivity index (χ0) is 20.1. The second kappa shape index (κ2) is 6.56. The summed E-state index contributed by atoms with van der Waals surface area (Å²) >= 11 is 1.53. The molecule has 0 saturated carbocycles. The molecule has 2 heterocycles. The van der Waals surface area contributed by atoms with Gasteiger partial charge in [0.1, 0.15) is 5.54 Å². The number of fused-ring (bicyclic) bond motifs is 1. The fourth-order valence-electron chi connectivity index (χ4n) is 3.82. The number of carbonyl (C=O) groups excluding carboxylic acids is 3. The quantitative estimate of drug-likeness (QED) is 0.535. The smallest absolute Gasteiger partial charge is 0.319 e. The molecule has 0 spiro atoms. The highest BCUT2D eigenvalue weighted by Gasteiger charge is 2.50. The van der Waals surface area contributed by atoms with Gasteiger partial charge in [0.15, 0.2) is 5.78 Å². The SMILES string of the molecule is Cc1cc(C(=O)CN2C(=O)N[C@](C)(c3cccc4ccccc34)C2=O)c(C)s1. The maximum Gasteiger partial charge on any atom is 0.325 e. The molecule has 1 atom stereocenters. The van der Waals surface area contributed by atoms with Crippen molar-refractivity contribution in [2.24, 2.45) is 0 Å². The van der Waals surface area contributed by atoms with E-state index in [4.69, 9.17) is 0 Å². The van der Waals surface area contributed by atoms with Crippen LogP contribution in [0.4, 0.5) is 4.79 Å². The van der Waals surface area contributed by atoms with Gasteiger partial charge in [0, 0.05) is 15.3 Å². The Morgan fingerprint density at radius 1 is 1.11 bits per heavy atom. The monoisotopic (exact) mass is 392 g/mol. The average Bonchev–Trinajstić information content (AvgIpc) is 3.12. The number of imide groups is 1. The van der Waals surface area contributed by atoms with Crippen LogP contribution in [0.5, 0.6) is 0 Å². The van der Waals surface area contributed by atoms with Gasteiger partial charge in [-0.25, -0.2) is 4.79 Å². The summed E-state index contributed by atoms with van der Waals surface area (Å²) in [4.78, 5) is 41.5. The molecule has 1 N–H and O–H groups in total. The number of hydrogen-bond donors (Lipinski definition) is 1. The van der Waals surface area contributed by atoms with Crippen molar-refractivity contribution >= 4 is 39.8 Å². The van der Waals surface area contributed by atoms with Gasteiger partial charge in [0.25, 0.3) is 5.91 Å². The highest BCUT2D eigenvalue weighted by molar-refractivity contribution is 7.12. The van der Waals surface area contributed by atoms with Crippen LogP contribution in [0.1, 0.15) is 32.6 Å². The third kappa shape index (κ3) is 2.81. The first kappa shape index (κ1) is 18.4. The number of urea groups is 1. The molecule has 6 heteroatoms. The predicted octanol–water partition coefficient (Wildman–Crippen LogP) is 4.17. The van der Waals surface area contributed by atoms with Crippen LogP contribution in [0.3, 0.4) is 0 Å². The van der Waals surface area contributed by atoms with Crippen LogP contribution in [0.2, 0.25) is 0 Å². The number of thiophene rings is 1. The van der Waals surface area contributed by atoms with Crippen LogP contribution in [0.25, 0.3) is 10.8 Å². The van der Waals surface area contributed by atoms with Crippen molar-refractivity contribution < 1.29 is 14.4 Å². The number of carbonyl (C=O) groups is 3. The molecule has 142 valence electrons. The van der Waals surface area contributed by atoms with E-state index in [0.29, 0.717) is 5.56 Å². The third-order valence-corrected chi connectivity index (χ3v) is 6.21. The Morgan fingerprint density at radius 3 is 2.54 bits per heavy atom. The lowest BCUT2D eigenvalue weighted by atomic mass is 9.88. The molecule has 4 rings (SSSR count). The molecule has 1 aliphatic heterocycles. The van der Waals surface area contributed by atoms with E-state index in [-0.39, 0.29) is 12.3 Å². The molecule has 0 unspecified atom stereocenters. The van der Waals surface area contributed by atoms with Crippen molar-refractivity contribution in [2.75, 3.05) is 6.54 Å². The number of aryl methyl sites for hydroxylation is 2. The van der Waals surface area contributed by atoms with Crippen molar-refractivity contribution in [1.29, 1.82) is 0 Å². The topological polar surface area (TPSA) is 66.5 Å². The lowest BCUT2D eigenvalue weighted by molar-refractivity contribution is -0.130. The lowest BCUT2D eigenvalue weighted by Crippen LogP contribution is -2.41. The van der Waals surface area contributed by atoms with Crippen LogP contribution in [-0.2, 0) is 10.3 Å². The summed E-state index contributed by atoms with van der Waals surface area (Å²) in [5.41, 5.74) is 0.0843. The van der Waals surface area contributed by atoms with E-state index in [2.05, 4.69) is 5.32 Å². The first-order valence-electron chi connectivity index (χ1n) is 9.04. The summed E-state index contributed by atoms with van der Waals surface area (Å²) in [5.74, 6) is -0.640. The van der Waals surface area contributed by atoms with E-state index in [1.165, 1.54) is 11.3 Å². The molecule has 0 aliphatic carbocycles. The highest BCUT2D eigenvalue weighted by Crippen LogP contribution is 2.34. The zero-order valence-corrected chi connectivity index (χ0v) is 16.7. The molecule has 3 aromatic rings. The van der Waals surface area contributed by atoms with E-state index < -0.39 is 17.5 Å². The first-order valence-corrected chi connectivity index (χ1v) is 9.85. The fraction of sp³-hybridized carbons (Fsp3) is 0.227. The summed E-state index contributed by atoms with van der Waals surface area (Å²) in [5, 5.41) is 4.69. The summed E-state index contributed by atoms with van der Waals surface area (Å²) in [6.07, 6.45) is 0. The summed E-state index contributed by atoms with van der Waals surface area (Å²) in [6, 6.07) is 14.7. The van der Waals surface area contributed by atoms with Crippen LogP contribution in [0.15, 0.2) is 48.5 Å². The molecule has 0 radical (unpaired) electrons. The Labute approximate surface area is 167 Å². The summed E-state index contributed by atoms with van der Waals surface area (Å²) < 4.78 is 0. The van der Waals surface area contributed by atoms with E-state index in [1.54, 1.807) is 6.92 Å². The molecule has 1 saturated heterocycles. The Morgan fingerprint density at radius 2 is 1.82 bits per heavy atom. The molecule has 1 aliphatic rings. The molecule has 28 heavy (non-hydrogen) atoms. The van der Waals surface area contributed by atoms with Crippen molar-refractivity contribution in [2.45, 2.75) is 26.3 Å². The molecular formula is C22H20N2O3S. The molecule has 0 bridgehead atoms. The second-order valence-corrected chi connectivity index (χ2v) is 8.68. The highest BCUT2D eigenvalue weighted by atomic mass is 32.1.